The third kappa shape index (κ3) is 3.07. The molecule has 2 aromatic carbocycles. The van der Waals surface area contributed by atoms with Crippen LogP contribution in [-0.2, 0) is 0 Å². The Morgan fingerprint density at radius 3 is 2.44 bits per heavy atom. The Morgan fingerprint density at radius 1 is 1.11 bits per heavy atom. The molecule has 1 N–H and O–H groups in total. The highest BCUT2D eigenvalue weighted by atomic mass is 19.1. The van der Waals surface area contributed by atoms with Crippen molar-refractivity contribution in [3.8, 4) is 5.75 Å². The van der Waals surface area contributed by atoms with Gasteiger partial charge in [-0.3, -0.25) is 5.32 Å². The minimum atomic E-state index is -0.719. The maximum Gasteiger partial charge on any atom is 0.417 e. The highest BCUT2D eigenvalue weighted by Gasteiger charge is 2.07. The van der Waals surface area contributed by atoms with Crippen molar-refractivity contribution in [3.63, 3.8) is 0 Å². The van der Waals surface area contributed by atoms with Gasteiger partial charge in [0.1, 0.15) is 11.6 Å². The lowest BCUT2D eigenvalue weighted by Gasteiger charge is -2.07. The van der Waals surface area contributed by atoms with Crippen molar-refractivity contribution in [1.29, 1.82) is 0 Å². The Morgan fingerprint density at radius 2 is 1.78 bits per heavy atom. The lowest BCUT2D eigenvalue weighted by atomic mass is 10.2. The van der Waals surface area contributed by atoms with Gasteiger partial charge < -0.3 is 4.74 Å². The van der Waals surface area contributed by atoms with E-state index in [-0.39, 0.29) is 5.69 Å². The van der Waals surface area contributed by atoms with E-state index in [1.807, 2.05) is 19.1 Å². The first-order valence-electron chi connectivity index (χ1n) is 5.45. The highest BCUT2D eigenvalue weighted by Crippen LogP contribution is 2.15. The van der Waals surface area contributed by atoms with Gasteiger partial charge in [-0.15, -0.1) is 0 Å². The van der Waals surface area contributed by atoms with Crippen LogP contribution in [0.25, 0.3) is 0 Å². The molecule has 3 nitrogen and oxygen atoms in total. The number of carbonyl (C=O) groups excluding carboxylic acids is 1. The predicted molar refractivity (Wildman–Crippen MR) is 67.2 cm³/mol. The zero-order valence-electron chi connectivity index (χ0n) is 9.81. The second-order valence-corrected chi connectivity index (χ2v) is 3.81. The van der Waals surface area contributed by atoms with Gasteiger partial charge in [0.15, 0.2) is 0 Å². The molecule has 0 bridgehead atoms. The van der Waals surface area contributed by atoms with Crippen molar-refractivity contribution in [2.24, 2.45) is 0 Å². The summed E-state index contributed by atoms with van der Waals surface area (Å²) in [5.41, 5.74) is 1.16. The van der Waals surface area contributed by atoms with Gasteiger partial charge in [-0.05, 0) is 31.2 Å². The average Bonchev–Trinajstić information content (AvgIpc) is 2.35. The molecule has 0 saturated heterocycles. The van der Waals surface area contributed by atoms with Crippen LogP contribution in [0.3, 0.4) is 0 Å². The fraction of sp³-hybridized carbons (Fsp3) is 0.0714. The summed E-state index contributed by atoms with van der Waals surface area (Å²) < 4.78 is 18.3. The maximum absolute atomic E-state index is 13.3. The van der Waals surface area contributed by atoms with Gasteiger partial charge in [0.25, 0.3) is 0 Å². The Hall–Kier alpha value is -2.36. The van der Waals surface area contributed by atoms with Gasteiger partial charge in [-0.2, -0.15) is 0 Å². The Bertz CT molecular complexity index is 552. The third-order valence-corrected chi connectivity index (χ3v) is 2.34. The third-order valence-electron chi connectivity index (χ3n) is 2.34. The molecular formula is C14H12FNO2. The zero-order valence-corrected chi connectivity index (χ0v) is 9.81. The minimum Gasteiger partial charge on any atom is -0.410 e. The van der Waals surface area contributed by atoms with Crippen LogP contribution in [0.5, 0.6) is 5.75 Å². The largest absolute Gasteiger partial charge is 0.417 e. The van der Waals surface area contributed by atoms with Gasteiger partial charge in [-0.25, -0.2) is 9.18 Å². The van der Waals surface area contributed by atoms with E-state index >= 15 is 0 Å². The summed E-state index contributed by atoms with van der Waals surface area (Å²) in [6, 6.07) is 12.9. The second-order valence-electron chi connectivity index (χ2n) is 3.81. The summed E-state index contributed by atoms with van der Waals surface area (Å²) in [5.74, 6) is -0.0900. The van der Waals surface area contributed by atoms with Crippen molar-refractivity contribution in [2.75, 3.05) is 5.32 Å². The predicted octanol–water partition coefficient (Wildman–Crippen LogP) is 3.75. The number of rotatable bonds is 2. The molecule has 0 atom stereocenters. The first kappa shape index (κ1) is 12.1. The molecule has 92 valence electrons. The number of halogens is 1. The Kier molecular flexibility index (Phi) is 3.57. The normalized spacial score (nSPS) is 9.89. The Labute approximate surface area is 104 Å². The van der Waals surface area contributed by atoms with E-state index in [0.717, 1.165) is 5.56 Å². The van der Waals surface area contributed by atoms with Gasteiger partial charge >= 0.3 is 6.09 Å². The van der Waals surface area contributed by atoms with E-state index in [1.165, 1.54) is 12.1 Å². The zero-order chi connectivity index (χ0) is 13.0. The quantitative estimate of drug-likeness (QED) is 0.875. The number of aryl methyl sites for hydroxylation is 1. The van der Waals surface area contributed by atoms with Gasteiger partial charge in [0, 0.05) is 0 Å². The standard InChI is InChI=1S/C14H12FNO2/c1-10-6-8-11(9-7-10)18-14(17)16-13-5-3-2-4-12(13)15/h2-9H,1H3,(H,16,17). The molecule has 0 unspecified atom stereocenters. The van der Waals surface area contributed by atoms with E-state index in [9.17, 15) is 9.18 Å². The van der Waals surface area contributed by atoms with Crippen molar-refractivity contribution >= 4 is 11.8 Å². The summed E-state index contributed by atoms with van der Waals surface area (Å²) in [7, 11) is 0. The number of hydrogen-bond acceptors (Lipinski definition) is 2. The average molecular weight is 245 g/mol. The van der Waals surface area contributed by atoms with Crippen LogP contribution in [0.15, 0.2) is 48.5 Å². The molecule has 0 aliphatic rings. The summed E-state index contributed by atoms with van der Waals surface area (Å²) in [4.78, 5) is 11.5. The monoisotopic (exact) mass is 245 g/mol. The summed E-state index contributed by atoms with van der Waals surface area (Å²) in [5, 5.41) is 2.34. The lowest BCUT2D eigenvalue weighted by molar-refractivity contribution is 0.215. The molecule has 2 rings (SSSR count). The number of benzene rings is 2. The molecule has 0 saturated carbocycles. The topological polar surface area (TPSA) is 38.3 Å². The minimum absolute atomic E-state index is 0.0922. The number of hydrogen-bond donors (Lipinski definition) is 1. The number of para-hydroxylation sites is 1. The van der Waals surface area contributed by atoms with Gasteiger partial charge in [-0.1, -0.05) is 29.8 Å². The fourth-order valence-corrected chi connectivity index (χ4v) is 1.41. The van der Waals surface area contributed by atoms with Crippen LogP contribution in [0.2, 0.25) is 0 Å². The van der Waals surface area contributed by atoms with Crippen molar-refractivity contribution in [1.82, 2.24) is 0 Å². The van der Waals surface area contributed by atoms with Crippen LogP contribution >= 0.6 is 0 Å². The van der Waals surface area contributed by atoms with Crippen LogP contribution in [0, 0.1) is 12.7 Å². The highest BCUT2D eigenvalue weighted by molar-refractivity contribution is 5.86. The van der Waals surface area contributed by atoms with E-state index in [0.29, 0.717) is 5.75 Å². The van der Waals surface area contributed by atoms with Crippen molar-refractivity contribution < 1.29 is 13.9 Å². The molecule has 0 aliphatic carbocycles. The van der Waals surface area contributed by atoms with Gasteiger partial charge in [0.2, 0.25) is 0 Å². The number of amides is 1. The molecule has 0 heterocycles. The molecule has 4 heteroatoms. The molecule has 0 aliphatic heterocycles. The molecule has 0 spiro atoms. The maximum atomic E-state index is 13.3. The van der Waals surface area contributed by atoms with Gasteiger partial charge in [0.05, 0.1) is 5.69 Å². The molecule has 0 fully saturated rings. The summed E-state index contributed by atoms with van der Waals surface area (Å²) in [6.07, 6.45) is -0.719. The second kappa shape index (κ2) is 5.31. The molecule has 0 radical (unpaired) electrons. The number of carbonyl (C=O) groups is 1. The number of nitrogens with one attached hydrogen (secondary N) is 1. The number of anilines is 1. The van der Waals surface area contributed by atoms with Crippen LogP contribution in [-0.4, -0.2) is 6.09 Å². The van der Waals surface area contributed by atoms with E-state index in [1.54, 1.807) is 24.3 Å². The van der Waals surface area contributed by atoms with E-state index in [2.05, 4.69) is 5.32 Å². The smallest absolute Gasteiger partial charge is 0.410 e. The molecule has 1 amide bonds. The van der Waals surface area contributed by atoms with E-state index in [4.69, 9.17) is 4.74 Å². The molecule has 18 heavy (non-hydrogen) atoms. The van der Waals surface area contributed by atoms with Crippen LogP contribution in [0.1, 0.15) is 5.56 Å². The molecular weight excluding hydrogens is 233 g/mol. The lowest BCUT2D eigenvalue weighted by Crippen LogP contribution is -2.17. The summed E-state index contributed by atoms with van der Waals surface area (Å²) >= 11 is 0. The molecule has 2 aromatic rings. The first-order valence-corrected chi connectivity index (χ1v) is 5.45. The van der Waals surface area contributed by atoms with Crippen molar-refractivity contribution in [2.45, 2.75) is 6.92 Å². The SMILES string of the molecule is Cc1ccc(OC(=O)Nc2ccccc2F)cc1. The van der Waals surface area contributed by atoms with E-state index < -0.39 is 11.9 Å². The fourth-order valence-electron chi connectivity index (χ4n) is 1.41. The van der Waals surface area contributed by atoms with Crippen molar-refractivity contribution in [3.05, 3.63) is 59.9 Å². The van der Waals surface area contributed by atoms with Crippen LogP contribution < -0.4 is 10.1 Å². The summed E-state index contributed by atoms with van der Waals surface area (Å²) in [6.45, 7) is 1.93. The number of ether oxygens (including phenoxy) is 1. The molecule has 0 aromatic heterocycles. The Balaban J connectivity index is 2.01. The van der Waals surface area contributed by atoms with Crippen LogP contribution in [0.4, 0.5) is 14.9 Å². The first-order chi connectivity index (χ1) is 8.65.